The third-order valence-electron chi connectivity index (χ3n) is 4.84. The summed E-state index contributed by atoms with van der Waals surface area (Å²) >= 11 is 0. The predicted octanol–water partition coefficient (Wildman–Crippen LogP) is 2.91. The van der Waals surface area contributed by atoms with Gasteiger partial charge in [0.2, 0.25) is 0 Å². The predicted molar refractivity (Wildman–Crippen MR) is 78.5 cm³/mol. The molecule has 0 unspecified atom stereocenters. The van der Waals surface area contributed by atoms with Gasteiger partial charge in [0.1, 0.15) is 5.60 Å². The lowest BCUT2D eigenvalue weighted by Gasteiger charge is -2.41. The van der Waals surface area contributed by atoms with E-state index in [1.807, 2.05) is 17.8 Å². The van der Waals surface area contributed by atoms with Gasteiger partial charge < -0.3 is 4.74 Å². The van der Waals surface area contributed by atoms with Crippen molar-refractivity contribution in [1.82, 2.24) is 9.78 Å². The standard InChI is InChI=1S/C16H26N2O2/c1-15(2)8-10-16(20-4,11-9-15)14(19)6-5-13-7-12-17-18(13)3/h7,12H,5-6,8-11H2,1-4H3. The topological polar surface area (TPSA) is 44.1 Å². The zero-order chi connectivity index (χ0) is 14.8. The van der Waals surface area contributed by atoms with Crippen LogP contribution in [-0.4, -0.2) is 28.3 Å². The van der Waals surface area contributed by atoms with Crippen LogP contribution in [0.2, 0.25) is 0 Å². The van der Waals surface area contributed by atoms with Crippen LogP contribution in [0.3, 0.4) is 0 Å². The first kappa shape index (κ1) is 15.2. The average molecular weight is 278 g/mol. The molecule has 1 aromatic heterocycles. The lowest BCUT2D eigenvalue weighted by molar-refractivity contribution is -0.148. The SMILES string of the molecule is COC1(C(=O)CCc2ccnn2C)CCC(C)(C)CC1. The molecule has 0 atom stereocenters. The number of ketones is 1. The molecule has 1 aliphatic rings. The Morgan fingerprint density at radius 3 is 2.50 bits per heavy atom. The average Bonchev–Trinajstić information content (AvgIpc) is 2.82. The molecule has 1 saturated carbocycles. The Kier molecular flexibility index (Phi) is 4.33. The van der Waals surface area contributed by atoms with Crippen LogP contribution < -0.4 is 0 Å². The van der Waals surface area contributed by atoms with Gasteiger partial charge in [-0.3, -0.25) is 9.48 Å². The molecular formula is C16H26N2O2. The first-order valence-corrected chi connectivity index (χ1v) is 7.44. The molecule has 0 amide bonds. The van der Waals surface area contributed by atoms with Crippen molar-refractivity contribution in [2.75, 3.05) is 7.11 Å². The minimum atomic E-state index is -0.548. The smallest absolute Gasteiger partial charge is 0.164 e. The van der Waals surface area contributed by atoms with Gasteiger partial charge in [0.25, 0.3) is 0 Å². The normalized spacial score (nSPS) is 20.8. The quantitative estimate of drug-likeness (QED) is 0.832. The second kappa shape index (κ2) is 5.68. The van der Waals surface area contributed by atoms with Gasteiger partial charge in [-0.1, -0.05) is 13.8 Å². The van der Waals surface area contributed by atoms with E-state index in [-0.39, 0.29) is 5.78 Å². The highest BCUT2D eigenvalue weighted by Crippen LogP contribution is 2.42. The Labute approximate surface area is 121 Å². The minimum absolute atomic E-state index is 0.247. The fourth-order valence-corrected chi connectivity index (χ4v) is 3.04. The first-order valence-electron chi connectivity index (χ1n) is 7.44. The number of aryl methyl sites for hydroxylation is 2. The van der Waals surface area contributed by atoms with Crippen molar-refractivity contribution in [3.8, 4) is 0 Å². The molecule has 1 heterocycles. The van der Waals surface area contributed by atoms with Crippen molar-refractivity contribution in [3.05, 3.63) is 18.0 Å². The van der Waals surface area contributed by atoms with E-state index in [1.54, 1.807) is 13.3 Å². The fraction of sp³-hybridized carbons (Fsp3) is 0.750. The molecular weight excluding hydrogens is 252 g/mol. The summed E-state index contributed by atoms with van der Waals surface area (Å²) in [5, 5.41) is 4.14. The van der Waals surface area contributed by atoms with Gasteiger partial charge in [-0.25, -0.2) is 0 Å². The summed E-state index contributed by atoms with van der Waals surface area (Å²) in [4.78, 5) is 12.6. The summed E-state index contributed by atoms with van der Waals surface area (Å²) < 4.78 is 7.49. The molecule has 112 valence electrons. The molecule has 0 aliphatic heterocycles. The highest BCUT2D eigenvalue weighted by atomic mass is 16.5. The number of hydrogen-bond donors (Lipinski definition) is 0. The van der Waals surface area contributed by atoms with E-state index in [0.717, 1.165) is 37.8 Å². The van der Waals surface area contributed by atoms with Crippen LogP contribution in [0, 0.1) is 5.41 Å². The molecule has 1 fully saturated rings. The van der Waals surface area contributed by atoms with Crippen molar-refractivity contribution in [2.24, 2.45) is 12.5 Å². The maximum atomic E-state index is 12.6. The first-order chi connectivity index (χ1) is 9.38. The Hall–Kier alpha value is -1.16. The van der Waals surface area contributed by atoms with Crippen LogP contribution >= 0.6 is 0 Å². The number of aromatic nitrogens is 2. The van der Waals surface area contributed by atoms with Crippen LogP contribution in [-0.2, 0) is 23.0 Å². The summed E-state index contributed by atoms with van der Waals surface area (Å²) in [5.41, 5.74) is 0.888. The molecule has 0 N–H and O–H groups in total. The van der Waals surface area contributed by atoms with Gasteiger partial charge in [-0.05, 0) is 43.6 Å². The molecule has 1 aliphatic carbocycles. The minimum Gasteiger partial charge on any atom is -0.370 e. The fourth-order valence-electron chi connectivity index (χ4n) is 3.04. The zero-order valence-electron chi connectivity index (χ0n) is 13.1. The molecule has 0 radical (unpaired) electrons. The van der Waals surface area contributed by atoms with E-state index in [9.17, 15) is 4.79 Å². The highest BCUT2D eigenvalue weighted by molar-refractivity contribution is 5.87. The molecule has 1 aromatic rings. The number of ether oxygens (including phenoxy) is 1. The summed E-state index contributed by atoms with van der Waals surface area (Å²) in [6.07, 6.45) is 6.85. The molecule has 20 heavy (non-hydrogen) atoms. The lowest BCUT2D eigenvalue weighted by atomic mass is 9.69. The lowest BCUT2D eigenvalue weighted by Crippen LogP contribution is -2.45. The maximum Gasteiger partial charge on any atom is 0.164 e. The van der Waals surface area contributed by atoms with Gasteiger partial charge in [-0.15, -0.1) is 0 Å². The van der Waals surface area contributed by atoms with Crippen molar-refractivity contribution < 1.29 is 9.53 Å². The zero-order valence-corrected chi connectivity index (χ0v) is 13.1. The van der Waals surface area contributed by atoms with Crippen LogP contribution in [0.1, 0.15) is 51.6 Å². The summed E-state index contributed by atoms with van der Waals surface area (Å²) in [7, 11) is 3.59. The summed E-state index contributed by atoms with van der Waals surface area (Å²) in [5.74, 6) is 0.247. The highest BCUT2D eigenvalue weighted by Gasteiger charge is 2.43. The third-order valence-corrected chi connectivity index (χ3v) is 4.84. The van der Waals surface area contributed by atoms with E-state index >= 15 is 0 Å². The van der Waals surface area contributed by atoms with Crippen molar-refractivity contribution in [2.45, 2.75) is 58.0 Å². The van der Waals surface area contributed by atoms with Gasteiger partial charge in [-0.2, -0.15) is 5.10 Å². The second-order valence-electron chi connectivity index (χ2n) is 6.73. The van der Waals surface area contributed by atoms with Gasteiger partial charge in [0.15, 0.2) is 5.78 Å². The Balaban J connectivity index is 1.98. The van der Waals surface area contributed by atoms with Gasteiger partial charge in [0.05, 0.1) is 0 Å². The molecule has 0 bridgehead atoms. The number of hydrogen-bond acceptors (Lipinski definition) is 3. The number of Topliss-reactive ketones (excluding diaryl/α,β-unsaturated/α-hetero) is 1. The monoisotopic (exact) mass is 278 g/mol. The van der Waals surface area contributed by atoms with E-state index in [1.165, 1.54) is 0 Å². The maximum absolute atomic E-state index is 12.6. The van der Waals surface area contributed by atoms with Crippen molar-refractivity contribution in [3.63, 3.8) is 0 Å². The number of methoxy groups -OCH3 is 1. The number of rotatable bonds is 5. The molecule has 4 heteroatoms. The number of nitrogens with zero attached hydrogens (tertiary/aromatic N) is 2. The molecule has 4 nitrogen and oxygen atoms in total. The third kappa shape index (κ3) is 3.11. The number of carbonyl (C=O) groups is 1. The molecule has 2 rings (SSSR count). The van der Waals surface area contributed by atoms with E-state index in [4.69, 9.17) is 4.74 Å². The summed E-state index contributed by atoms with van der Waals surface area (Å²) in [6.45, 7) is 4.54. The molecule has 0 spiro atoms. The second-order valence-corrected chi connectivity index (χ2v) is 6.73. The van der Waals surface area contributed by atoms with E-state index in [0.29, 0.717) is 11.8 Å². The molecule has 0 saturated heterocycles. The van der Waals surface area contributed by atoms with Gasteiger partial charge in [0, 0.05) is 32.5 Å². The van der Waals surface area contributed by atoms with Crippen LogP contribution in [0.15, 0.2) is 12.3 Å². The number of carbonyl (C=O) groups excluding carboxylic acids is 1. The van der Waals surface area contributed by atoms with Gasteiger partial charge >= 0.3 is 0 Å². The van der Waals surface area contributed by atoms with Crippen molar-refractivity contribution >= 4 is 5.78 Å². The Morgan fingerprint density at radius 1 is 1.35 bits per heavy atom. The Morgan fingerprint density at radius 2 is 2.00 bits per heavy atom. The van der Waals surface area contributed by atoms with E-state index < -0.39 is 5.60 Å². The largest absolute Gasteiger partial charge is 0.370 e. The van der Waals surface area contributed by atoms with Crippen LogP contribution in [0.4, 0.5) is 0 Å². The van der Waals surface area contributed by atoms with Crippen LogP contribution in [0.25, 0.3) is 0 Å². The van der Waals surface area contributed by atoms with E-state index in [2.05, 4.69) is 18.9 Å². The van der Waals surface area contributed by atoms with Crippen molar-refractivity contribution in [1.29, 1.82) is 0 Å². The summed E-state index contributed by atoms with van der Waals surface area (Å²) in [6, 6.07) is 1.97. The van der Waals surface area contributed by atoms with Crippen LogP contribution in [0.5, 0.6) is 0 Å². The Bertz CT molecular complexity index is 467. The molecule has 0 aromatic carbocycles.